The minimum Gasteiger partial charge on any atom is -0.343 e. The number of nitrogens with zero attached hydrogens (tertiary/aromatic N) is 1. The summed E-state index contributed by atoms with van der Waals surface area (Å²) in [5, 5.41) is 2.43. The van der Waals surface area contributed by atoms with Gasteiger partial charge in [0.2, 0.25) is 5.91 Å². The van der Waals surface area contributed by atoms with Gasteiger partial charge in [0.15, 0.2) is 0 Å². The quantitative estimate of drug-likeness (QED) is 0.893. The predicted octanol–water partition coefficient (Wildman–Crippen LogP) is 2.93. The van der Waals surface area contributed by atoms with Gasteiger partial charge >= 0.3 is 0 Å². The van der Waals surface area contributed by atoms with E-state index in [1.807, 2.05) is 30.3 Å². The van der Waals surface area contributed by atoms with Crippen molar-refractivity contribution in [2.45, 2.75) is 25.3 Å². The molecule has 1 aliphatic rings. The summed E-state index contributed by atoms with van der Waals surface area (Å²) >= 11 is 0. The van der Waals surface area contributed by atoms with Crippen LogP contribution in [-0.4, -0.2) is 35.8 Å². The lowest BCUT2D eigenvalue weighted by Gasteiger charge is -2.25. The zero-order chi connectivity index (χ0) is 18.5. The Kier molecular flexibility index (Phi) is 5.61. The van der Waals surface area contributed by atoms with Crippen LogP contribution in [0, 0.1) is 11.6 Å². The lowest BCUT2D eigenvalue weighted by Crippen LogP contribution is -2.43. The van der Waals surface area contributed by atoms with Crippen LogP contribution in [0.2, 0.25) is 0 Å². The van der Waals surface area contributed by atoms with E-state index >= 15 is 0 Å². The van der Waals surface area contributed by atoms with Gasteiger partial charge in [0.05, 0.1) is 12.1 Å². The molecule has 1 fully saturated rings. The number of carbonyl (C=O) groups excluding carboxylic acids is 2. The molecule has 0 radical (unpaired) electrons. The van der Waals surface area contributed by atoms with Gasteiger partial charge in [0, 0.05) is 18.7 Å². The largest absolute Gasteiger partial charge is 0.343 e. The van der Waals surface area contributed by atoms with Gasteiger partial charge in [-0.1, -0.05) is 30.3 Å². The second-order valence-corrected chi connectivity index (χ2v) is 6.38. The first-order valence-corrected chi connectivity index (χ1v) is 8.61. The highest BCUT2D eigenvalue weighted by atomic mass is 19.1. The van der Waals surface area contributed by atoms with E-state index in [0.29, 0.717) is 12.6 Å². The number of hydrogen-bond acceptors (Lipinski definition) is 2. The van der Waals surface area contributed by atoms with Gasteiger partial charge in [-0.3, -0.25) is 9.59 Å². The van der Waals surface area contributed by atoms with E-state index < -0.39 is 17.5 Å². The van der Waals surface area contributed by atoms with Crippen LogP contribution in [0.5, 0.6) is 0 Å². The minimum absolute atomic E-state index is 0.101. The van der Waals surface area contributed by atoms with Crippen molar-refractivity contribution in [3.05, 3.63) is 71.3 Å². The molecule has 0 aromatic heterocycles. The Bertz CT molecular complexity index is 796. The van der Waals surface area contributed by atoms with Gasteiger partial charge < -0.3 is 10.2 Å². The molecule has 1 heterocycles. The van der Waals surface area contributed by atoms with Crippen LogP contribution in [0.15, 0.2) is 48.5 Å². The maximum atomic E-state index is 13.6. The minimum atomic E-state index is -0.946. The van der Waals surface area contributed by atoms with Crippen molar-refractivity contribution in [3.63, 3.8) is 0 Å². The molecule has 4 nitrogen and oxygen atoms in total. The van der Waals surface area contributed by atoms with Crippen molar-refractivity contribution in [3.8, 4) is 0 Å². The number of hydrogen-bond donors (Lipinski definition) is 1. The third-order valence-electron chi connectivity index (χ3n) is 4.59. The molecule has 26 heavy (non-hydrogen) atoms. The predicted molar refractivity (Wildman–Crippen MR) is 93.6 cm³/mol. The molecule has 1 unspecified atom stereocenters. The van der Waals surface area contributed by atoms with Crippen LogP contribution < -0.4 is 5.32 Å². The van der Waals surface area contributed by atoms with Crippen LogP contribution in [0.1, 0.15) is 28.8 Å². The van der Waals surface area contributed by atoms with Crippen LogP contribution in [-0.2, 0) is 11.2 Å². The number of likely N-dealkylation sites (tertiary alicyclic amines) is 1. The zero-order valence-corrected chi connectivity index (χ0v) is 14.3. The number of halogens is 2. The fraction of sp³-hybridized carbons (Fsp3) is 0.300. The number of amides is 2. The van der Waals surface area contributed by atoms with E-state index in [1.54, 1.807) is 4.90 Å². The second kappa shape index (κ2) is 8.08. The molecule has 1 saturated heterocycles. The Hall–Kier alpha value is -2.76. The summed E-state index contributed by atoms with van der Waals surface area (Å²) in [5.74, 6) is -2.62. The molecule has 3 rings (SSSR count). The highest BCUT2D eigenvalue weighted by Gasteiger charge is 2.28. The van der Waals surface area contributed by atoms with Gasteiger partial charge in [-0.15, -0.1) is 0 Å². The van der Waals surface area contributed by atoms with Gasteiger partial charge in [0.1, 0.15) is 11.6 Å². The summed E-state index contributed by atoms with van der Waals surface area (Å²) in [6, 6.07) is 12.8. The monoisotopic (exact) mass is 358 g/mol. The van der Waals surface area contributed by atoms with Gasteiger partial charge in [-0.25, -0.2) is 8.78 Å². The van der Waals surface area contributed by atoms with Crippen LogP contribution in [0.4, 0.5) is 8.78 Å². The van der Waals surface area contributed by atoms with Crippen molar-refractivity contribution in [2.24, 2.45) is 0 Å². The van der Waals surface area contributed by atoms with Crippen molar-refractivity contribution in [1.82, 2.24) is 10.2 Å². The van der Waals surface area contributed by atoms with E-state index in [0.717, 1.165) is 37.0 Å². The van der Waals surface area contributed by atoms with Crippen LogP contribution >= 0.6 is 0 Å². The number of rotatable bonds is 5. The highest BCUT2D eigenvalue weighted by molar-refractivity contribution is 5.96. The Morgan fingerprint density at radius 1 is 1.12 bits per heavy atom. The maximum Gasteiger partial charge on any atom is 0.254 e. The third-order valence-corrected chi connectivity index (χ3v) is 4.59. The summed E-state index contributed by atoms with van der Waals surface area (Å²) in [5.41, 5.74) is 0.885. The van der Waals surface area contributed by atoms with Crippen LogP contribution in [0.25, 0.3) is 0 Å². The van der Waals surface area contributed by atoms with Gasteiger partial charge in [-0.05, 0) is 37.0 Å². The molecule has 136 valence electrons. The normalized spacial score (nSPS) is 16.5. The molecule has 0 aliphatic carbocycles. The average molecular weight is 358 g/mol. The van der Waals surface area contributed by atoms with E-state index in [9.17, 15) is 18.4 Å². The third kappa shape index (κ3) is 4.25. The molecule has 1 atom stereocenters. The Morgan fingerprint density at radius 2 is 1.88 bits per heavy atom. The summed E-state index contributed by atoms with van der Waals surface area (Å²) in [6.07, 6.45) is 2.61. The SMILES string of the molecule is O=C(NCC(=O)N1CCCC1Cc1ccccc1)c1ccc(F)cc1F. The molecule has 2 aromatic carbocycles. The van der Waals surface area contributed by atoms with Crippen LogP contribution in [0.3, 0.4) is 0 Å². The lowest BCUT2D eigenvalue weighted by atomic mass is 10.0. The molecule has 0 bridgehead atoms. The molecule has 0 saturated carbocycles. The Balaban J connectivity index is 1.57. The molecule has 1 N–H and O–H groups in total. The lowest BCUT2D eigenvalue weighted by molar-refractivity contribution is -0.130. The standard InChI is InChI=1S/C20H20F2N2O2/c21-15-8-9-17(18(22)12-15)20(26)23-13-19(25)24-10-4-7-16(24)11-14-5-2-1-3-6-14/h1-3,5-6,8-9,12,16H,4,7,10-11,13H2,(H,23,26). The molecular weight excluding hydrogens is 338 g/mol. The summed E-state index contributed by atoms with van der Waals surface area (Å²) < 4.78 is 26.6. The number of benzene rings is 2. The summed E-state index contributed by atoms with van der Waals surface area (Å²) in [7, 11) is 0. The van der Waals surface area contributed by atoms with Crippen molar-refractivity contribution < 1.29 is 18.4 Å². The first-order chi connectivity index (χ1) is 12.5. The fourth-order valence-electron chi connectivity index (χ4n) is 3.29. The van der Waals surface area contributed by atoms with Gasteiger partial charge in [0.25, 0.3) is 5.91 Å². The molecule has 2 amide bonds. The first-order valence-electron chi connectivity index (χ1n) is 8.61. The van der Waals surface area contributed by atoms with E-state index in [-0.39, 0.29) is 24.1 Å². The molecule has 1 aliphatic heterocycles. The summed E-state index contributed by atoms with van der Waals surface area (Å²) in [4.78, 5) is 26.3. The van der Waals surface area contributed by atoms with E-state index in [1.165, 1.54) is 0 Å². The molecule has 6 heteroatoms. The average Bonchev–Trinajstić information content (AvgIpc) is 3.08. The topological polar surface area (TPSA) is 49.4 Å². The summed E-state index contributed by atoms with van der Waals surface area (Å²) in [6.45, 7) is 0.443. The molecule has 0 spiro atoms. The number of carbonyl (C=O) groups is 2. The molecular formula is C20H20F2N2O2. The van der Waals surface area contributed by atoms with E-state index in [4.69, 9.17) is 0 Å². The second-order valence-electron chi connectivity index (χ2n) is 6.38. The van der Waals surface area contributed by atoms with E-state index in [2.05, 4.69) is 5.32 Å². The van der Waals surface area contributed by atoms with Gasteiger partial charge in [-0.2, -0.15) is 0 Å². The Labute approximate surface area is 150 Å². The molecule has 2 aromatic rings. The highest BCUT2D eigenvalue weighted by Crippen LogP contribution is 2.21. The van der Waals surface area contributed by atoms with Crippen molar-refractivity contribution in [1.29, 1.82) is 0 Å². The smallest absolute Gasteiger partial charge is 0.254 e. The number of nitrogens with one attached hydrogen (secondary N) is 1. The maximum absolute atomic E-state index is 13.6. The zero-order valence-electron chi connectivity index (χ0n) is 14.3. The first kappa shape index (κ1) is 18.0. The Morgan fingerprint density at radius 3 is 2.62 bits per heavy atom. The van der Waals surface area contributed by atoms with Crippen molar-refractivity contribution >= 4 is 11.8 Å². The fourth-order valence-corrected chi connectivity index (χ4v) is 3.29. The van der Waals surface area contributed by atoms with Crippen molar-refractivity contribution in [2.75, 3.05) is 13.1 Å².